The highest BCUT2D eigenvalue weighted by Gasteiger charge is 2.15. The zero-order chi connectivity index (χ0) is 16.4. The molecule has 3 rings (SSSR count). The fourth-order valence-corrected chi connectivity index (χ4v) is 3.19. The van der Waals surface area contributed by atoms with E-state index >= 15 is 0 Å². The molecule has 0 bridgehead atoms. The number of halogens is 1. The smallest absolute Gasteiger partial charge is 0.0696 e. The molecule has 120 valence electrons. The zero-order valence-electron chi connectivity index (χ0n) is 13.1. The van der Waals surface area contributed by atoms with E-state index in [9.17, 15) is 0 Å². The Bertz CT molecular complexity index is 707. The molecule has 0 aliphatic carbocycles. The molecule has 2 aromatic rings. The lowest BCUT2D eigenvalue weighted by Gasteiger charge is -2.34. The number of likely N-dealkylation sites (N-methyl/N-ethyl adjacent to an activating group) is 1. The highest BCUT2D eigenvalue weighted by Crippen LogP contribution is 2.24. The van der Waals surface area contributed by atoms with Crippen LogP contribution in [-0.4, -0.2) is 43.8 Å². The summed E-state index contributed by atoms with van der Waals surface area (Å²) in [6, 6.07) is 13.6. The third-order valence-corrected chi connectivity index (χ3v) is 4.88. The fraction of sp³-hybridized carbons (Fsp3) is 0.278. The molecule has 0 atom stereocenters. The second-order valence-corrected chi connectivity index (χ2v) is 6.79. The van der Waals surface area contributed by atoms with Gasteiger partial charge in [0.2, 0.25) is 0 Å². The first kappa shape index (κ1) is 16.4. The quantitative estimate of drug-likeness (QED) is 0.654. The van der Waals surface area contributed by atoms with E-state index in [0.29, 0.717) is 10.7 Å². The second-order valence-electron chi connectivity index (χ2n) is 5.87. The Kier molecular flexibility index (Phi) is 4.95. The monoisotopic (exact) mass is 345 g/mol. The zero-order valence-corrected chi connectivity index (χ0v) is 14.7. The normalized spacial score (nSPS) is 15.7. The van der Waals surface area contributed by atoms with Gasteiger partial charge >= 0.3 is 0 Å². The minimum absolute atomic E-state index is 0.447. The topological polar surface area (TPSA) is 30.3 Å². The lowest BCUT2D eigenvalue weighted by Crippen LogP contribution is -2.44. The van der Waals surface area contributed by atoms with Crippen molar-refractivity contribution in [2.24, 2.45) is 0 Å². The fourth-order valence-electron chi connectivity index (χ4n) is 2.77. The molecule has 2 aromatic carbocycles. The third-order valence-electron chi connectivity index (χ3n) is 4.25. The number of nitrogens with zero attached hydrogens (tertiary/aromatic N) is 2. The van der Waals surface area contributed by atoms with E-state index < -0.39 is 0 Å². The number of piperazine rings is 1. The van der Waals surface area contributed by atoms with E-state index in [2.05, 4.69) is 41.6 Å². The predicted octanol–water partition coefficient (Wildman–Crippen LogP) is 3.80. The molecular weight excluding hydrogens is 326 g/mol. The Morgan fingerprint density at radius 1 is 1.04 bits per heavy atom. The van der Waals surface area contributed by atoms with Crippen molar-refractivity contribution in [1.29, 1.82) is 5.41 Å². The van der Waals surface area contributed by atoms with Gasteiger partial charge in [-0.25, -0.2) is 0 Å². The van der Waals surface area contributed by atoms with Crippen LogP contribution >= 0.6 is 24.2 Å². The van der Waals surface area contributed by atoms with Crippen LogP contribution in [-0.2, 0) is 0 Å². The van der Waals surface area contributed by atoms with Gasteiger partial charge in [0.25, 0.3) is 0 Å². The van der Waals surface area contributed by atoms with Gasteiger partial charge in [0.1, 0.15) is 0 Å². The van der Waals surface area contributed by atoms with Crippen molar-refractivity contribution in [2.75, 3.05) is 38.1 Å². The van der Waals surface area contributed by atoms with E-state index in [-0.39, 0.29) is 0 Å². The number of thiol groups is 1. The van der Waals surface area contributed by atoms with Crippen LogP contribution < -0.4 is 4.90 Å². The summed E-state index contributed by atoms with van der Waals surface area (Å²) in [7, 11) is 2.15. The van der Waals surface area contributed by atoms with Crippen molar-refractivity contribution < 1.29 is 0 Å². The molecule has 1 saturated heterocycles. The highest BCUT2D eigenvalue weighted by molar-refractivity contribution is 7.80. The Morgan fingerprint density at radius 3 is 2.35 bits per heavy atom. The summed E-state index contributed by atoms with van der Waals surface area (Å²) in [5.74, 6) is 0. The minimum atomic E-state index is 0.447. The van der Waals surface area contributed by atoms with E-state index in [0.717, 1.165) is 42.2 Å². The molecule has 0 spiro atoms. The van der Waals surface area contributed by atoms with Crippen molar-refractivity contribution in [1.82, 2.24) is 4.90 Å². The first-order valence-corrected chi connectivity index (χ1v) is 8.48. The Morgan fingerprint density at radius 2 is 1.70 bits per heavy atom. The summed E-state index contributed by atoms with van der Waals surface area (Å²) in [6.07, 6.45) is 0. The van der Waals surface area contributed by atoms with Crippen LogP contribution in [0.2, 0.25) is 5.02 Å². The van der Waals surface area contributed by atoms with Gasteiger partial charge in [-0.2, -0.15) is 0 Å². The summed E-state index contributed by atoms with van der Waals surface area (Å²) in [6.45, 7) is 4.26. The van der Waals surface area contributed by atoms with Gasteiger partial charge in [-0.05, 0) is 37.4 Å². The number of nitrogens with one attached hydrogen (secondary N) is 1. The molecule has 1 N–H and O–H groups in total. The maximum atomic E-state index is 8.42. The van der Waals surface area contributed by atoms with Gasteiger partial charge in [0, 0.05) is 52.9 Å². The molecule has 0 radical (unpaired) electrons. The summed E-state index contributed by atoms with van der Waals surface area (Å²) >= 11 is 10.5. The first-order chi connectivity index (χ1) is 11.0. The van der Waals surface area contributed by atoms with Crippen LogP contribution in [0.25, 0.3) is 0 Å². The highest BCUT2D eigenvalue weighted by atomic mass is 35.5. The van der Waals surface area contributed by atoms with Crippen LogP contribution in [0.15, 0.2) is 47.4 Å². The van der Waals surface area contributed by atoms with Crippen LogP contribution in [0.4, 0.5) is 5.69 Å². The van der Waals surface area contributed by atoms with E-state index in [4.69, 9.17) is 17.0 Å². The van der Waals surface area contributed by atoms with Gasteiger partial charge in [-0.1, -0.05) is 23.7 Å². The predicted molar refractivity (Wildman–Crippen MR) is 101 cm³/mol. The Labute approximate surface area is 147 Å². The largest absolute Gasteiger partial charge is 0.369 e. The van der Waals surface area contributed by atoms with Crippen molar-refractivity contribution in [2.45, 2.75) is 4.90 Å². The number of hydrogen-bond donors (Lipinski definition) is 2. The molecule has 3 nitrogen and oxygen atoms in total. The summed E-state index contributed by atoms with van der Waals surface area (Å²) in [4.78, 5) is 5.49. The Hall–Kier alpha value is -1.49. The average molecular weight is 346 g/mol. The van der Waals surface area contributed by atoms with Gasteiger partial charge in [0.15, 0.2) is 0 Å². The summed E-state index contributed by atoms with van der Waals surface area (Å²) in [5.41, 5.74) is 3.29. The van der Waals surface area contributed by atoms with Crippen LogP contribution in [0.3, 0.4) is 0 Å². The first-order valence-electron chi connectivity index (χ1n) is 7.66. The maximum absolute atomic E-state index is 8.42. The lowest BCUT2D eigenvalue weighted by atomic mass is 10.0. The van der Waals surface area contributed by atoms with Gasteiger partial charge in [0.05, 0.1) is 5.71 Å². The van der Waals surface area contributed by atoms with Crippen molar-refractivity contribution in [3.05, 3.63) is 58.6 Å². The van der Waals surface area contributed by atoms with E-state index in [1.54, 1.807) is 12.1 Å². The summed E-state index contributed by atoms with van der Waals surface area (Å²) in [5, 5.41) is 9.04. The van der Waals surface area contributed by atoms with E-state index in [1.807, 2.05) is 18.2 Å². The van der Waals surface area contributed by atoms with Crippen LogP contribution in [0.5, 0.6) is 0 Å². The maximum Gasteiger partial charge on any atom is 0.0696 e. The SMILES string of the molecule is CN1CCN(c2ccc(C(=N)c3cc(Cl)ccc3S)cc2)CC1. The molecule has 1 fully saturated rings. The molecule has 0 aromatic heterocycles. The van der Waals surface area contributed by atoms with Crippen LogP contribution in [0.1, 0.15) is 11.1 Å². The molecule has 0 saturated carbocycles. The Balaban J connectivity index is 1.79. The molecule has 1 aliphatic rings. The summed E-state index contributed by atoms with van der Waals surface area (Å²) < 4.78 is 0. The van der Waals surface area contributed by atoms with Crippen LogP contribution in [0, 0.1) is 5.41 Å². The third kappa shape index (κ3) is 3.71. The number of hydrogen-bond acceptors (Lipinski definition) is 4. The van der Waals surface area contributed by atoms with Gasteiger partial charge in [-0.15, -0.1) is 12.6 Å². The second kappa shape index (κ2) is 6.95. The van der Waals surface area contributed by atoms with Crippen molar-refractivity contribution in [3.63, 3.8) is 0 Å². The van der Waals surface area contributed by atoms with Crippen molar-refractivity contribution >= 4 is 35.6 Å². The number of rotatable bonds is 3. The number of anilines is 1. The molecule has 0 amide bonds. The van der Waals surface area contributed by atoms with Gasteiger partial charge < -0.3 is 9.80 Å². The van der Waals surface area contributed by atoms with E-state index in [1.165, 1.54) is 5.69 Å². The average Bonchev–Trinajstić information content (AvgIpc) is 2.57. The molecule has 1 aliphatic heterocycles. The molecule has 5 heteroatoms. The molecular formula is C18H20ClN3S. The molecule has 23 heavy (non-hydrogen) atoms. The van der Waals surface area contributed by atoms with Gasteiger partial charge in [-0.3, -0.25) is 5.41 Å². The number of benzene rings is 2. The van der Waals surface area contributed by atoms with Crippen molar-refractivity contribution in [3.8, 4) is 0 Å². The molecule has 1 heterocycles. The standard InChI is InChI=1S/C18H20ClN3S/c1-21-8-10-22(11-9-21)15-5-2-13(3-6-15)18(20)16-12-14(19)4-7-17(16)23/h2-7,12,20,23H,8-11H2,1H3. The molecule has 0 unspecified atom stereocenters. The lowest BCUT2D eigenvalue weighted by molar-refractivity contribution is 0.313. The minimum Gasteiger partial charge on any atom is -0.369 e.